The molecule has 0 radical (unpaired) electrons. The zero-order valence-electron chi connectivity index (χ0n) is 8.40. The summed E-state index contributed by atoms with van der Waals surface area (Å²) >= 11 is 3.38. The van der Waals surface area contributed by atoms with Crippen LogP contribution in [-0.2, 0) is 0 Å². The van der Waals surface area contributed by atoms with Crippen molar-refractivity contribution in [3.8, 4) is 23.1 Å². The maximum absolute atomic E-state index is 8.63. The van der Waals surface area contributed by atoms with Crippen LogP contribution in [0, 0.1) is 11.3 Å². The van der Waals surface area contributed by atoms with E-state index in [2.05, 4.69) is 21.1 Å². The lowest BCUT2D eigenvalue weighted by Gasteiger charge is -2.03. The van der Waals surface area contributed by atoms with Crippen LogP contribution in [0.3, 0.4) is 0 Å². The highest BCUT2D eigenvalue weighted by molar-refractivity contribution is 9.10. The van der Waals surface area contributed by atoms with E-state index in [0.29, 0.717) is 5.76 Å². The van der Waals surface area contributed by atoms with E-state index in [1.807, 2.05) is 24.3 Å². The molecule has 0 saturated heterocycles. The Morgan fingerprint density at radius 2 is 2.25 bits per heavy atom. The Hall–Kier alpha value is -1.80. The topological polar surface area (TPSA) is 59.0 Å². The summed E-state index contributed by atoms with van der Waals surface area (Å²) < 4.78 is 11.0. The number of benzene rings is 1. The van der Waals surface area contributed by atoms with Gasteiger partial charge < -0.3 is 9.26 Å². The van der Waals surface area contributed by atoms with Crippen molar-refractivity contribution < 1.29 is 9.26 Å². The van der Waals surface area contributed by atoms with E-state index in [-0.39, 0.29) is 5.69 Å². The Morgan fingerprint density at radius 1 is 1.44 bits per heavy atom. The zero-order valence-corrected chi connectivity index (χ0v) is 9.98. The van der Waals surface area contributed by atoms with Gasteiger partial charge in [-0.2, -0.15) is 5.26 Å². The van der Waals surface area contributed by atoms with E-state index in [9.17, 15) is 0 Å². The van der Waals surface area contributed by atoms with Crippen molar-refractivity contribution in [1.82, 2.24) is 5.16 Å². The normalized spacial score (nSPS) is 9.81. The molecule has 4 nitrogen and oxygen atoms in total. The van der Waals surface area contributed by atoms with Gasteiger partial charge in [-0.3, -0.25) is 0 Å². The number of rotatable bonds is 2. The van der Waals surface area contributed by atoms with Crippen LogP contribution in [0.25, 0.3) is 11.3 Å². The maximum atomic E-state index is 8.63. The van der Waals surface area contributed by atoms with Crippen molar-refractivity contribution in [3.05, 3.63) is 34.4 Å². The van der Waals surface area contributed by atoms with Crippen LogP contribution in [0.1, 0.15) is 5.69 Å². The molecular weight excluding hydrogens is 272 g/mol. The molecule has 0 fully saturated rings. The SMILES string of the molecule is COc1ccc(-c2cc(C#N)no2)cc1Br. The van der Waals surface area contributed by atoms with Gasteiger partial charge in [0.25, 0.3) is 0 Å². The highest BCUT2D eigenvalue weighted by Crippen LogP contribution is 2.30. The summed E-state index contributed by atoms with van der Waals surface area (Å²) in [6.07, 6.45) is 0. The fourth-order valence-corrected chi connectivity index (χ4v) is 1.82. The summed E-state index contributed by atoms with van der Waals surface area (Å²) in [6, 6.07) is 9.00. The standard InChI is InChI=1S/C11H7BrN2O2/c1-15-10-3-2-7(4-9(10)12)11-5-8(6-13)14-16-11/h2-5H,1H3. The second-order valence-corrected chi connectivity index (χ2v) is 3.89. The van der Waals surface area contributed by atoms with Crippen molar-refractivity contribution in [1.29, 1.82) is 5.26 Å². The number of halogens is 1. The predicted octanol–water partition coefficient (Wildman–Crippen LogP) is 2.98. The summed E-state index contributed by atoms with van der Waals surface area (Å²) in [5.74, 6) is 1.30. The van der Waals surface area contributed by atoms with Crippen molar-refractivity contribution in [2.24, 2.45) is 0 Å². The molecule has 0 atom stereocenters. The van der Waals surface area contributed by atoms with Gasteiger partial charge in [-0.15, -0.1) is 0 Å². The number of hydrogen-bond donors (Lipinski definition) is 0. The monoisotopic (exact) mass is 278 g/mol. The lowest BCUT2D eigenvalue weighted by molar-refractivity contribution is 0.411. The molecular formula is C11H7BrN2O2. The molecule has 16 heavy (non-hydrogen) atoms. The molecule has 5 heteroatoms. The minimum atomic E-state index is 0.266. The fourth-order valence-electron chi connectivity index (χ4n) is 1.28. The van der Waals surface area contributed by atoms with Gasteiger partial charge in [0.1, 0.15) is 11.8 Å². The third-order valence-electron chi connectivity index (χ3n) is 2.06. The number of ether oxygens (including phenoxy) is 1. The molecule has 0 N–H and O–H groups in total. The molecule has 0 spiro atoms. The molecule has 2 aromatic rings. The Labute approximate surface area is 101 Å². The Balaban J connectivity index is 2.42. The molecule has 2 rings (SSSR count). The van der Waals surface area contributed by atoms with Crippen LogP contribution in [0.4, 0.5) is 0 Å². The van der Waals surface area contributed by atoms with Crippen LogP contribution >= 0.6 is 15.9 Å². The minimum absolute atomic E-state index is 0.266. The number of hydrogen-bond acceptors (Lipinski definition) is 4. The molecule has 0 unspecified atom stereocenters. The van der Waals surface area contributed by atoms with Crippen molar-refractivity contribution in [2.45, 2.75) is 0 Å². The predicted molar refractivity (Wildman–Crippen MR) is 60.9 cm³/mol. The first-order chi connectivity index (χ1) is 7.74. The Bertz CT molecular complexity index is 557. The van der Waals surface area contributed by atoms with Crippen LogP contribution < -0.4 is 4.74 Å². The molecule has 0 bridgehead atoms. The zero-order chi connectivity index (χ0) is 11.5. The Kier molecular flexibility index (Phi) is 2.93. The smallest absolute Gasteiger partial charge is 0.184 e. The largest absolute Gasteiger partial charge is 0.496 e. The number of nitriles is 1. The molecule has 1 heterocycles. The second-order valence-electron chi connectivity index (χ2n) is 3.04. The second kappa shape index (κ2) is 4.37. The van der Waals surface area contributed by atoms with Gasteiger partial charge in [0.2, 0.25) is 0 Å². The van der Waals surface area contributed by atoms with E-state index in [1.54, 1.807) is 13.2 Å². The van der Waals surface area contributed by atoms with Crippen LogP contribution in [0.15, 0.2) is 33.3 Å². The molecule has 0 aliphatic carbocycles. The highest BCUT2D eigenvalue weighted by atomic mass is 79.9. The first-order valence-electron chi connectivity index (χ1n) is 4.45. The highest BCUT2D eigenvalue weighted by Gasteiger charge is 2.08. The molecule has 0 amide bonds. The van der Waals surface area contributed by atoms with Gasteiger partial charge in [-0.25, -0.2) is 0 Å². The van der Waals surface area contributed by atoms with Crippen LogP contribution in [0.2, 0.25) is 0 Å². The Morgan fingerprint density at radius 3 is 2.81 bits per heavy atom. The van der Waals surface area contributed by atoms with E-state index < -0.39 is 0 Å². The molecule has 0 aliphatic heterocycles. The maximum Gasteiger partial charge on any atom is 0.184 e. The molecule has 80 valence electrons. The molecule has 0 aliphatic rings. The van der Waals surface area contributed by atoms with Crippen molar-refractivity contribution in [3.63, 3.8) is 0 Å². The molecule has 0 saturated carbocycles. The summed E-state index contributed by atoms with van der Waals surface area (Å²) in [5, 5.41) is 12.2. The lowest BCUT2D eigenvalue weighted by Crippen LogP contribution is -1.84. The first kappa shape index (κ1) is 10.7. The van der Waals surface area contributed by atoms with Crippen molar-refractivity contribution in [2.75, 3.05) is 7.11 Å². The van der Waals surface area contributed by atoms with E-state index in [4.69, 9.17) is 14.5 Å². The minimum Gasteiger partial charge on any atom is -0.496 e. The fraction of sp³-hybridized carbons (Fsp3) is 0.0909. The van der Waals surface area contributed by atoms with E-state index >= 15 is 0 Å². The quantitative estimate of drug-likeness (QED) is 0.847. The average Bonchev–Trinajstić information content (AvgIpc) is 2.77. The van der Waals surface area contributed by atoms with Crippen LogP contribution in [-0.4, -0.2) is 12.3 Å². The third-order valence-corrected chi connectivity index (χ3v) is 2.68. The van der Waals surface area contributed by atoms with Crippen molar-refractivity contribution >= 4 is 15.9 Å². The summed E-state index contributed by atoms with van der Waals surface area (Å²) in [7, 11) is 1.60. The van der Waals surface area contributed by atoms with Crippen LogP contribution in [0.5, 0.6) is 5.75 Å². The summed E-state index contributed by atoms with van der Waals surface area (Å²) in [5.41, 5.74) is 1.10. The third kappa shape index (κ3) is 1.92. The van der Waals surface area contributed by atoms with Gasteiger partial charge in [0.15, 0.2) is 11.5 Å². The van der Waals surface area contributed by atoms with E-state index in [1.165, 1.54) is 0 Å². The van der Waals surface area contributed by atoms with E-state index in [0.717, 1.165) is 15.8 Å². The van der Waals surface area contributed by atoms with Gasteiger partial charge >= 0.3 is 0 Å². The number of aromatic nitrogens is 1. The average molecular weight is 279 g/mol. The number of methoxy groups -OCH3 is 1. The van der Waals surface area contributed by atoms with Gasteiger partial charge in [0.05, 0.1) is 11.6 Å². The van der Waals surface area contributed by atoms with Gasteiger partial charge in [0, 0.05) is 11.6 Å². The first-order valence-corrected chi connectivity index (χ1v) is 5.24. The van der Waals surface area contributed by atoms with Gasteiger partial charge in [-0.1, -0.05) is 5.16 Å². The lowest BCUT2D eigenvalue weighted by atomic mass is 10.1. The number of nitrogens with zero attached hydrogens (tertiary/aromatic N) is 2. The summed E-state index contributed by atoms with van der Waals surface area (Å²) in [4.78, 5) is 0. The molecule has 1 aromatic carbocycles. The molecule has 1 aromatic heterocycles. The summed E-state index contributed by atoms with van der Waals surface area (Å²) in [6.45, 7) is 0. The van der Waals surface area contributed by atoms with Gasteiger partial charge in [-0.05, 0) is 34.1 Å².